The zero-order valence-corrected chi connectivity index (χ0v) is 16.4. The number of nitrogens with one attached hydrogen (secondary N) is 2. The monoisotopic (exact) mass is 384 g/mol. The van der Waals surface area contributed by atoms with Gasteiger partial charge in [0.05, 0.1) is 20.8 Å². The summed E-state index contributed by atoms with van der Waals surface area (Å²) in [5, 5.41) is 2.91. The highest BCUT2D eigenvalue weighted by atomic mass is 16.5. The molecule has 0 aliphatic carbocycles. The minimum absolute atomic E-state index is 0.0641. The molecular weight excluding hydrogens is 358 g/mol. The molecule has 1 aliphatic heterocycles. The molecule has 2 aromatic carbocycles. The summed E-state index contributed by atoms with van der Waals surface area (Å²) in [5.74, 6) is 0.879. The van der Waals surface area contributed by atoms with Gasteiger partial charge in [0.25, 0.3) is 5.91 Å². The molecule has 7 heteroatoms. The van der Waals surface area contributed by atoms with Gasteiger partial charge in [-0.2, -0.15) is 0 Å². The first-order valence-electron chi connectivity index (χ1n) is 9.22. The maximum Gasteiger partial charge on any atom is 0.282 e. The highest BCUT2D eigenvalue weighted by molar-refractivity contribution is 5.95. The number of fused-ring (bicyclic) bond motifs is 1. The van der Waals surface area contributed by atoms with E-state index in [0.717, 1.165) is 25.3 Å². The largest absolute Gasteiger partial charge is 0.493 e. The van der Waals surface area contributed by atoms with Gasteiger partial charge in [-0.25, -0.2) is 0 Å². The molecule has 0 radical (unpaired) electrons. The number of hydrogen-bond donors (Lipinski definition) is 3. The summed E-state index contributed by atoms with van der Waals surface area (Å²) in [4.78, 5) is 25.0. The van der Waals surface area contributed by atoms with Crippen molar-refractivity contribution in [1.29, 1.82) is 0 Å². The van der Waals surface area contributed by atoms with Crippen LogP contribution in [0.1, 0.15) is 28.4 Å². The standard InChI is InChI=1S/C21H25N3O4/c1-13(21(26)23-17-6-4-14(5-7-17)20(22)25)24-9-8-15-10-18(27-2)19(28-3)11-16(15)12-24/h4-7,10-11,13H,8-9,12H2,1-3H3,(H2,22,25)(H,23,26)/p+1/t13-/m0/s1. The van der Waals surface area contributed by atoms with Crippen LogP contribution in [0.2, 0.25) is 0 Å². The first-order valence-corrected chi connectivity index (χ1v) is 9.22. The Morgan fingerprint density at radius 1 is 1.07 bits per heavy atom. The van der Waals surface area contributed by atoms with Gasteiger partial charge in [-0.3, -0.25) is 9.59 Å². The summed E-state index contributed by atoms with van der Waals surface area (Å²) in [5.41, 5.74) is 8.70. The van der Waals surface area contributed by atoms with Gasteiger partial charge in [-0.1, -0.05) is 0 Å². The van der Waals surface area contributed by atoms with Crippen LogP contribution in [0.3, 0.4) is 0 Å². The van der Waals surface area contributed by atoms with Gasteiger partial charge in [-0.15, -0.1) is 0 Å². The van der Waals surface area contributed by atoms with Crippen LogP contribution in [0.4, 0.5) is 5.69 Å². The molecule has 0 spiro atoms. The van der Waals surface area contributed by atoms with E-state index in [2.05, 4.69) is 5.32 Å². The van der Waals surface area contributed by atoms with Crippen LogP contribution in [-0.4, -0.2) is 38.6 Å². The number of carbonyl (C=O) groups is 2. The van der Waals surface area contributed by atoms with E-state index in [1.54, 1.807) is 38.5 Å². The summed E-state index contributed by atoms with van der Waals surface area (Å²) >= 11 is 0. The van der Waals surface area contributed by atoms with Gasteiger partial charge in [0.2, 0.25) is 5.91 Å². The summed E-state index contributed by atoms with van der Waals surface area (Å²) < 4.78 is 10.8. The van der Waals surface area contributed by atoms with Crippen LogP contribution in [0.15, 0.2) is 36.4 Å². The SMILES string of the molecule is COc1cc2c(cc1OC)C[NH+]([C@@H](C)C(=O)Nc1ccc(C(N)=O)cc1)CC2. The highest BCUT2D eigenvalue weighted by Gasteiger charge is 2.30. The van der Waals surface area contributed by atoms with Crippen LogP contribution >= 0.6 is 0 Å². The topological polar surface area (TPSA) is 95.1 Å². The number of ether oxygens (including phenoxy) is 2. The van der Waals surface area contributed by atoms with E-state index < -0.39 is 5.91 Å². The molecule has 148 valence electrons. The molecule has 1 unspecified atom stereocenters. The quantitative estimate of drug-likeness (QED) is 0.686. The van der Waals surface area contributed by atoms with E-state index in [1.807, 2.05) is 19.1 Å². The average Bonchev–Trinajstić information content (AvgIpc) is 2.71. The lowest BCUT2D eigenvalue weighted by atomic mass is 9.97. The van der Waals surface area contributed by atoms with Gasteiger partial charge in [0, 0.05) is 23.2 Å². The number of rotatable bonds is 6. The predicted molar refractivity (Wildman–Crippen MR) is 106 cm³/mol. The number of methoxy groups -OCH3 is 2. The zero-order valence-electron chi connectivity index (χ0n) is 16.4. The lowest BCUT2D eigenvalue weighted by Crippen LogP contribution is -3.16. The van der Waals surface area contributed by atoms with Gasteiger partial charge in [-0.05, 0) is 48.9 Å². The minimum Gasteiger partial charge on any atom is -0.493 e. The Morgan fingerprint density at radius 2 is 1.68 bits per heavy atom. The number of nitrogens with two attached hydrogens (primary N) is 1. The molecule has 0 saturated heterocycles. The summed E-state index contributed by atoms with van der Waals surface area (Å²) in [6.45, 7) is 3.52. The highest BCUT2D eigenvalue weighted by Crippen LogP contribution is 2.31. The first-order chi connectivity index (χ1) is 13.4. The van der Waals surface area contributed by atoms with Crippen molar-refractivity contribution in [2.45, 2.75) is 25.9 Å². The van der Waals surface area contributed by atoms with Crippen LogP contribution in [-0.2, 0) is 17.8 Å². The second kappa shape index (κ2) is 8.31. The molecule has 3 rings (SSSR count). The van der Waals surface area contributed by atoms with Gasteiger partial charge in [0.1, 0.15) is 6.54 Å². The Hall–Kier alpha value is -3.06. The van der Waals surface area contributed by atoms with E-state index in [1.165, 1.54) is 16.0 Å². The minimum atomic E-state index is -0.491. The van der Waals surface area contributed by atoms with Crippen LogP contribution in [0.5, 0.6) is 11.5 Å². The molecule has 0 aromatic heterocycles. The Morgan fingerprint density at radius 3 is 2.25 bits per heavy atom. The molecule has 1 heterocycles. The molecular formula is C21H26N3O4+. The molecule has 0 bridgehead atoms. The van der Waals surface area contributed by atoms with Crippen molar-refractivity contribution in [2.24, 2.45) is 5.73 Å². The van der Waals surface area contributed by atoms with Crippen molar-refractivity contribution >= 4 is 17.5 Å². The number of primary amides is 1. The van der Waals surface area contributed by atoms with E-state index in [0.29, 0.717) is 17.0 Å². The van der Waals surface area contributed by atoms with Gasteiger partial charge < -0.3 is 25.4 Å². The Balaban J connectivity index is 1.68. The van der Waals surface area contributed by atoms with Crippen LogP contribution < -0.4 is 25.4 Å². The van der Waals surface area contributed by atoms with Crippen LogP contribution in [0.25, 0.3) is 0 Å². The van der Waals surface area contributed by atoms with E-state index in [4.69, 9.17) is 15.2 Å². The first kappa shape index (κ1) is 19.7. The van der Waals surface area contributed by atoms with Crippen molar-refractivity contribution in [1.82, 2.24) is 0 Å². The number of anilines is 1. The molecule has 2 atom stereocenters. The fraction of sp³-hybridized carbons (Fsp3) is 0.333. The summed E-state index contributed by atoms with van der Waals surface area (Å²) in [6.07, 6.45) is 0.871. The number of benzene rings is 2. The van der Waals surface area contributed by atoms with Crippen LogP contribution in [0, 0.1) is 0 Å². The molecule has 4 N–H and O–H groups in total. The lowest BCUT2D eigenvalue weighted by molar-refractivity contribution is -0.929. The van der Waals surface area contributed by atoms with Gasteiger partial charge in [0.15, 0.2) is 17.5 Å². The van der Waals surface area contributed by atoms with E-state index in [-0.39, 0.29) is 11.9 Å². The maximum absolute atomic E-state index is 12.7. The van der Waals surface area contributed by atoms with Crippen molar-refractivity contribution < 1.29 is 24.0 Å². The zero-order chi connectivity index (χ0) is 20.3. The number of hydrogen-bond acceptors (Lipinski definition) is 4. The van der Waals surface area contributed by atoms with E-state index in [9.17, 15) is 9.59 Å². The Bertz CT molecular complexity index is 880. The molecule has 2 aromatic rings. The van der Waals surface area contributed by atoms with Crippen molar-refractivity contribution in [3.63, 3.8) is 0 Å². The van der Waals surface area contributed by atoms with E-state index >= 15 is 0 Å². The van der Waals surface area contributed by atoms with Gasteiger partial charge >= 0.3 is 0 Å². The molecule has 1 aliphatic rings. The Kier molecular flexibility index (Phi) is 5.84. The third-order valence-corrected chi connectivity index (χ3v) is 5.28. The molecule has 0 saturated carbocycles. The fourth-order valence-corrected chi connectivity index (χ4v) is 3.51. The van der Waals surface area contributed by atoms with Crippen molar-refractivity contribution in [3.8, 4) is 11.5 Å². The average molecular weight is 384 g/mol. The molecule has 7 nitrogen and oxygen atoms in total. The Labute approximate surface area is 164 Å². The smallest absolute Gasteiger partial charge is 0.282 e. The second-order valence-corrected chi connectivity index (χ2v) is 6.96. The predicted octanol–water partition coefficient (Wildman–Crippen LogP) is 0.771. The van der Waals surface area contributed by atoms with Crippen molar-refractivity contribution in [2.75, 3.05) is 26.1 Å². The molecule has 28 heavy (non-hydrogen) atoms. The molecule has 2 amide bonds. The third-order valence-electron chi connectivity index (χ3n) is 5.28. The maximum atomic E-state index is 12.7. The number of amides is 2. The molecule has 0 fully saturated rings. The van der Waals surface area contributed by atoms with Crippen molar-refractivity contribution in [3.05, 3.63) is 53.1 Å². The summed E-state index contributed by atoms with van der Waals surface area (Å²) in [6, 6.07) is 10.4. The number of carbonyl (C=O) groups excluding carboxylic acids is 2. The second-order valence-electron chi connectivity index (χ2n) is 6.96. The fourth-order valence-electron chi connectivity index (χ4n) is 3.51. The lowest BCUT2D eigenvalue weighted by Gasteiger charge is -2.30. The third kappa shape index (κ3) is 4.09. The number of quaternary nitrogens is 1. The normalized spacial score (nSPS) is 16.6. The summed E-state index contributed by atoms with van der Waals surface area (Å²) in [7, 11) is 3.25.